The maximum absolute atomic E-state index is 13.1. The number of rotatable bonds is 6. The lowest BCUT2D eigenvalue weighted by Gasteiger charge is -2.12. The fraction of sp³-hybridized carbons (Fsp3) is 0.211. The van der Waals surface area contributed by atoms with Crippen molar-refractivity contribution in [3.05, 3.63) is 58.2 Å². The van der Waals surface area contributed by atoms with Crippen LogP contribution >= 0.6 is 23.1 Å². The average molecular weight is 386 g/mol. The van der Waals surface area contributed by atoms with E-state index in [1.54, 1.807) is 13.0 Å². The Morgan fingerprint density at radius 3 is 2.73 bits per heavy atom. The molecule has 1 N–H and O–H groups in total. The Morgan fingerprint density at radius 1 is 1.42 bits per heavy atom. The highest BCUT2D eigenvalue weighted by Crippen LogP contribution is 2.33. The van der Waals surface area contributed by atoms with Crippen LogP contribution in [-0.2, 0) is 11.3 Å². The summed E-state index contributed by atoms with van der Waals surface area (Å²) in [5.74, 6) is -0.943. The lowest BCUT2D eigenvalue weighted by atomic mass is 10.1. The molecule has 5 nitrogen and oxygen atoms in total. The van der Waals surface area contributed by atoms with E-state index < -0.39 is 11.2 Å². The van der Waals surface area contributed by atoms with Gasteiger partial charge in [0.05, 0.1) is 5.39 Å². The highest BCUT2D eigenvalue weighted by molar-refractivity contribution is 8.00. The van der Waals surface area contributed by atoms with Gasteiger partial charge >= 0.3 is 5.97 Å². The zero-order chi connectivity index (χ0) is 18.8. The maximum atomic E-state index is 13.1. The topological polar surface area (TPSA) is 72.2 Å². The summed E-state index contributed by atoms with van der Waals surface area (Å²) in [6.45, 7) is 7.57. The minimum absolute atomic E-state index is 0.174. The molecule has 3 rings (SSSR count). The molecule has 1 aromatic carbocycles. The third-order valence-corrected chi connectivity index (χ3v) is 5.91. The number of fused-ring (bicyclic) bond motifs is 1. The number of thiophene rings is 1. The van der Waals surface area contributed by atoms with Crippen molar-refractivity contribution in [3.8, 4) is 11.1 Å². The third-order valence-electron chi connectivity index (χ3n) is 3.96. The number of aliphatic carboxylic acids is 1. The monoisotopic (exact) mass is 386 g/mol. The SMILES string of the molecule is C=CCn1c(S[C@H](C)C(=O)O)nc2scc(-c3ccc(C)cc3)c2c1=O. The molecule has 0 spiro atoms. The number of carboxylic acids is 1. The van der Waals surface area contributed by atoms with Crippen molar-refractivity contribution < 1.29 is 9.90 Å². The summed E-state index contributed by atoms with van der Waals surface area (Å²) in [6.07, 6.45) is 1.61. The third kappa shape index (κ3) is 3.45. The molecule has 7 heteroatoms. The Bertz CT molecular complexity index is 1040. The van der Waals surface area contributed by atoms with E-state index in [-0.39, 0.29) is 12.1 Å². The van der Waals surface area contributed by atoms with Crippen LogP contribution in [0.15, 0.2) is 52.3 Å². The summed E-state index contributed by atoms with van der Waals surface area (Å²) < 4.78 is 1.49. The van der Waals surface area contributed by atoms with E-state index in [4.69, 9.17) is 5.11 Å². The van der Waals surface area contributed by atoms with Crippen molar-refractivity contribution in [1.82, 2.24) is 9.55 Å². The predicted octanol–water partition coefficient (Wildman–Crippen LogP) is 4.18. The van der Waals surface area contributed by atoms with Gasteiger partial charge in [0.15, 0.2) is 5.16 Å². The molecule has 0 saturated carbocycles. The average Bonchev–Trinajstić information content (AvgIpc) is 3.03. The second-order valence-corrected chi connectivity index (χ2v) is 8.06. The van der Waals surface area contributed by atoms with Crippen molar-refractivity contribution in [2.24, 2.45) is 0 Å². The zero-order valence-electron chi connectivity index (χ0n) is 14.4. The molecule has 2 heterocycles. The van der Waals surface area contributed by atoms with Crippen molar-refractivity contribution in [3.63, 3.8) is 0 Å². The maximum Gasteiger partial charge on any atom is 0.316 e. The van der Waals surface area contributed by atoms with Crippen LogP contribution in [0.25, 0.3) is 21.3 Å². The number of benzene rings is 1. The van der Waals surface area contributed by atoms with Crippen molar-refractivity contribution in [1.29, 1.82) is 0 Å². The van der Waals surface area contributed by atoms with Crippen molar-refractivity contribution >= 4 is 39.3 Å². The Hall–Kier alpha value is -2.38. The molecule has 0 saturated heterocycles. The molecule has 0 aliphatic carbocycles. The van der Waals surface area contributed by atoms with Crippen LogP contribution in [0.4, 0.5) is 0 Å². The van der Waals surface area contributed by atoms with E-state index in [1.807, 2.05) is 36.6 Å². The smallest absolute Gasteiger partial charge is 0.316 e. The van der Waals surface area contributed by atoms with Crippen LogP contribution in [0, 0.1) is 6.92 Å². The van der Waals surface area contributed by atoms with Gasteiger partial charge in [-0.2, -0.15) is 0 Å². The number of aryl methyl sites for hydroxylation is 1. The van der Waals surface area contributed by atoms with E-state index in [1.165, 1.54) is 15.9 Å². The molecule has 26 heavy (non-hydrogen) atoms. The lowest BCUT2D eigenvalue weighted by Crippen LogP contribution is -2.24. The predicted molar refractivity (Wildman–Crippen MR) is 107 cm³/mol. The van der Waals surface area contributed by atoms with Crippen LogP contribution in [0.5, 0.6) is 0 Å². The molecular formula is C19H18N2O3S2. The second-order valence-electron chi connectivity index (χ2n) is 5.89. The number of carbonyl (C=O) groups is 1. The highest BCUT2D eigenvalue weighted by Gasteiger charge is 2.20. The summed E-state index contributed by atoms with van der Waals surface area (Å²) in [5.41, 5.74) is 2.79. The van der Waals surface area contributed by atoms with Crippen LogP contribution in [0.2, 0.25) is 0 Å². The normalized spacial score (nSPS) is 12.2. The first-order valence-corrected chi connectivity index (χ1v) is 9.77. The van der Waals surface area contributed by atoms with Crippen LogP contribution in [-0.4, -0.2) is 25.9 Å². The standard InChI is InChI=1S/C19H18N2O3S2/c1-4-9-21-17(22)15-14(13-7-5-11(2)6-8-13)10-25-16(15)20-19(21)26-12(3)18(23)24/h4-8,10,12H,1,9H2,2-3H3,(H,23,24)/t12-/m1/s1. The van der Waals surface area contributed by atoms with Gasteiger partial charge in [-0.05, 0) is 19.4 Å². The van der Waals surface area contributed by atoms with E-state index in [2.05, 4.69) is 11.6 Å². The molecule has 0 fully saturated rings. The highest BCUT2D eigenvalue weighted by atomic mass is 32.2. The number of aromatic nitrogens is 2. The van der Waals surface area contributed by atoms with Gasteiger partial charge in [-0.1, -0.05) is 47.7 Å². The molecule has 0 aliphatic heterocycles. The summed E-state index contributed by atoms with van der Waals surface area (Å²) in [4.78, 5) is 29.5. The fourth-order valence-corrected chi connectivity index (χ4v) is 4.38. The molecule has 0 aliphatic rings. The minimum Gasteiger partial charge on any atom is -0.480 e. The lowest BCUT2D eigenvalue weighted by molar-refractivity contribution is -0.136. The quantitative estimate of drug-likeness (QED) is 0.391. The summed E-state index contributed by atoms with van der Waals surface area (Å²) in [7, 11) is 0. The van der Waals surface area contributed by atoms with Gasteiger partial charge in [-0.3, -0.25) is 14.2 Å². The van der Waals surface area contributed by atoms with Crippen molar-refractivity contribution in [2.75, 3.05) is 0 Å². The molecule has 1 atom stereocenters. The van der Waals surface area contributed by atoms with E-state index in [0.717, 1.165) is 28.5 Å². The first-order valence-electron chi connectivity index (χ1n) is 8.01. The number of carboxylic acid groups (broad SMARTS) is 1. The molecule has 0 unspecified atom stereocenters. The second kappa shape index (κ2) is 7.47. The summed E-state index contributed by atoms with van der Waals surface area (Å²) in [5, 5.41) is 11.4. The van der Waals surface area contributed by atoms with Gasteiger partial charge in [-0.15, -0.1) is 17.9 Å². The van der Waals surface area contributed by atoms with Gasteiger partial charge in [0.25, 0.3) is 5.56 Å². The number of nitrogens with zero attached hydrogens (tertiary/aromatic N) is 2. The van der Waals surface area contributed by atoms with Crippen LogP contribution in [0.1, 0.15) is 12.5 Å². The molecule has 0 amide bonds. The minimum atomic E-state index is -0.943. The van der Waals surface area contributed by atoms with E-state index in [0.29, 0.717) is 15.4 Å². The number of hydrogen-bond acceptors (Lipinski definition) is 5. The first-order chi connectivity index (χ1) is 12.4. The van der Waals surface area contributed by atoms with Crippen LogP contribution < -0.4 is 5.56 Å². The summed E-state index contributed by atoms with van der Waals surface area (Å²) in [6, 6.07) is 7.99. The van der Waals surface area contributed by atoms with E-state index >= 15 is 0 Å². The Labute approximate surface area is 159 Å². The Morgan fingerprint density at radius 2 is 2.12 bits per heavy atom. The summed E-state index contributed by atoms with van der Waals surface area (Å²) >= 11 is 2.46. The van der Waals surface area contributed by atoms with Gasteiger partial charge in [-0.25, -0.2) is 4.98 Å². The van der Waals surface area contributed by atoms with Crippen molar-refractivity contribution in [2.45, 2.75) is 30.8 Å². The zero-order valence-corrected chi connectivity index (χ0v) is 16.1. The Balaban J connectivity index is 2.20. The van der Waals surface area contributed by atoms with Gasteiger partial charge in [0.2, 0.25) is 0 Å². The molecule has 3 aromatic rings. The number of thioether (sulfide) groups is 1. The van der Waals surface area contributed by atoms with Gasteiger partial charge in [0.1, 0.15) is 10.1 Å². The molecule has 0 bridgehead atoms. The molecule has 2 aromatic heterocycles. The largest absolute Gasteiger partial charge is 0.480 e. The fourth-order valence-electron chi connectivity index (χ4n) is 2.54. The molecular weight excluding hydrogens is 368 g/mol. The number of hydrogen-bond donors (Lipinski definition) is 1. The van der Waals surface area contributed by atoms with Crippen LogP contribution in [0.3, 0.4) is 0 Å². The van der Waals surface area contributed by atoms with E-state index in [9.17, 15) is 9.59 Å². The number of allylic oxidation sites excluding steroid dienone is 1. The molecule has 0 radical (unpaired) electrons. The Kier molecular flexibility index (Phi) is 5.29. The first kappa shape index (κ1) is 18.4. The molecule has 134 valence electrons. The van der Waals surface area contributed by atoms with Gasteiger partial charge < -0.3 is 5.11 Å². The van der Waals surface area contributed by atoms with Gasteiger partial charge in [0, 0.05) is 17.5 Å².